The minimum atomic E-state index is -4.76. The average molecular weight is 610 g/mol. The van der Waals surface area contributed by atoms with Crippen LogP contribution >= 0.6 is 0 Å². The van der Waals surface area contributed by atoms with Crippen molar-refractivity contribution < 1.29 is 46.7 Å². The second-order valence-electron chi connectivity index (χ2n) is 10.9. The Balaban J connectivity index is 1.35. The first-order valence-electron chi connectivity index (χ1n) is 13.2. The monoisotopic (exact) mass is 609 g/mol. The van der Waals surface area contributed by atoms with Gasteiger partial charge in [0.05, 0.1) is 34.3 Å². The Morgan fingerprint density at radius 3 is 2.47 bits per heavy atom. The van der Waals surface area contributed by atoms with E-state index in [4.69, 9.17) is 14.2 Å². The summed E-state index contributed by atoms with van der Waals surface area (Å²) in [4.78, 5) is 50.6. The predicted molar refractivity (Wildman–Crippen MR) is 145 cm³/mol. The van der Waals surface area contributed by atoms with Crippen LogP contribution in [0.2, 0.25) is 0 Å². The topological polar surface area (TPSA) is 161 Å². The van der Waals surface area contributed by atoms with Crippen LogP contribution in [-0.2, 0) is 22.3 Å². The first-order valence-corrected chi connectivity index (χ1v) is 13.2. The summed E-state index contributed by atoms with van der Waals surface area (Å²) in [6.07, 6.45) is -5.21. The molecule has 0 radical (unpaired) electrons. The number of nitrogens with one attached hydrogen (secondary N) is 3. The van der Waals surface area contributed by atoms with Crippen LogP contribution in [0, 0.1) is 10.1 Å². The molecule has 0 bridgehead atoms. The van der Waals surface area contributed by atoms with E-state index in [9.17, 15) is 37.7 Å². The molecule has 4 rings (SSSR count). The highest BCUT2D eigenvalue weighted by Gasteiger charge is 2.33. The van der Waals surface area contributed by atoms with Crippen molar-refractivity contribution in [2.45, 2.75) is 51.6 Å². The molecule has 43 heavy (non-hydrogen) atoms. The van der Waals surface area contributed by atoms with Gasteiger partial charge in [-0.1, -0.05) is 0 Å². The number of nitro groups is 1. The number of benzene rings is 2. The average Bonchev–Trinajstić information content (AvgIpc) is 3.54. The van der Waals surface area contributed by atoms with Crippen LogP contribution in [0.3, 0.4) is 0 Å². The molecule has 2 aromatic carbocycles. The van der Waals surface area contributed by atoms with Gasteiger partial charge in [0.15, 0.2) is 11.5 Å². The van der Waals surface area contributed by atoms with Crippen molar-refractivity contribution in [1.82, 2.24) is 15.5 Å². The third-order valence-corrected chi connectivity index (χ3v) is 6.44. The van der Waals surface area contributed by atoms with E-state index in [1.54, 1.807) is 26.8 Å². The Kier molecular flexibility index (Phi) is 8.98. The second-order valence-corrected chi connectivity index (χ2v) is 10.9. The van der Waals surface area contributed by atoms with Crippen LogP contribution in [0.15, 0.2) is 30.3 Å². The Bertz CT molecular complexity index is 1430. The molecule has 3 amide bonds. The third kappa shape index (κ3) is 8.24. The molecule has 2 aromatic rings. The summed E-state index contributed by atoms with van der Waals surface area (Å²) in [5, 5.41) is 18.8. The number of carbonyl (C=O) groups is 3. The van der Waals surface area contributed by atoms with E-state index in [1.165, 1.54) is 6.07 Å². The Labute approximate surface area is 243 Å². The molecule has 1 saturated heterocycles. The smallest absolute Gasteiger partial charge is 0.416 e. The highest BCUT2D eigenvalue weighted by atomic mass is 19.4. The molecule has 2 aliphatic heterocycles. The lowest BCUT2D eigenvalue weighted by atomic mass is 10.1. The first kappa shape index (κ1) is 31.3. The molecular weight excluding hydrogens is 579 g/mol. The van der Waals surface area contributed by atoms with Crippen molar-refractivity contribution in [3.05, 3.63) is 57.1 Å². The molecule has 0 unspecified atom stereocenters. The van der Waals surface area contributed by atoms with Crippen molar-refractivity contribution in [3.63, 3.8) is 0 Å². The van der Waals surface area contributed by atoms with E-state index in [-0.39, 0.29) is 30.8 Å². The minimum absolute atomic E-state index is 0.0281. The highest BCUT2D eigenvalue weighted by Crippen LogP contribution is 2.38. The van der Waals surface area contributed by atoms with Crippen molar-refractivity contribution in [2.24, 2.45) is 0 Å². The van der Waals surface area contributed by atoms with Crippen LogP contribution in [0.4, 0.5) is 29.3 Å². The van der Waals surface area contributed by atoms with Crippen LogP contribution in [0.1, 0.15) is 48.7 Å². The predicted octanol–water partition coefficient (Wildman–Crippen LogP) is 3.81. The van der Waals surface area contributed by atoms with E-state index >= 15 is 0 Å². The van der Waals surface area contributed by atoms with Gasteiger partial charge in [0, 0.05) is 31.2 Å². The van der Waals surface area contributed by atoms with E-state index < -0.39 is 52.3 Å². The molecule has 0 spiro atoms. The minimum Gasteiger partial charge on any atom is -0.454 e. The number of hydrogen-bond acceptors (Lipinski definition) is 9. The normalized spacial score (nSPS) is 16.5. The van der Waals surface area contributed by atoms with E-state index in [2.05, 4.69) is 16.0 Å². The molecule has 2 heterocycles. The second kappa shape index (κ2) is 12.3. The molecule has 16 heteroatoms. The Hall–Kier alpha value is -4.60. The SMILES string of the molecule is CC(C)(C)OC(=O)Nc1ccc(C(F)(F)F)cc1C(=O)NCC(=O)N[C@@H]1CCN(Cc2cc3c(cc2[N+](=O)[O-])OCO3)C1. The van der Waals surface area contributed by atoms with Crippen molar-refractivity contribution >= 4 is 29.3 Å². The molecule has 0 aliphatic carbocycles. The molecule has 232 valence electrons. The maximum absolute atomic E-state index is 13.3. The summed E-state index contributed by atoms with van der Waals surface area (Å²) in [7, 11) is 0. The number of nitro benzene ring substituents is 1. The van der Waals surface area contributed by atoms with Crippen molar-refractivity contribution in [3.8, 4) is 11.5 Å². The van der Waals surface area contributed by atoms with E-state index in [0.29, 0.717) is 48.7 Å². The lowest BCUT2D eigenvalue weighted by Crippen LogP contribution is -2.43. The summed E-state index contributed by atoms with van der Waals surface area (Å²) in [5.41, 5.74) is -2.45. The lowest BCUT2D eigenvalue weighted by molar-refractivity contribution is -0.385. The Morgan fingerprint density at radius 1 is 1.12 bits per heavy atom. The van der Waals surface area contributed by atoms with E-state index in [0.717, 1.165) is 6.07 Å². The van der Waals surface area contributed by atoms with Crippen molar-refractivity contribution in [2.75, 3.05) is 31.7 Å². The van der Waals surface area contributed by atoms with Gasteiger partial charge in [0.1, 0.15) is 5.60 Å². The fourth-order valence-electron chi connectivity index (χ4n) is 4.57. The van der Waals surface area contributed by atoms with Crippen molar-refractivity contribution in [1.29, 1.82) is 0 Å². The van der Waals surface area contributed by atoms with Gasteiger partial charge in [-0.15, -0.1) is 0 Å². The number of carbonyl (C=O) groups excluding carboxylic acids is 3. The molecular formula is C27H30F3N5O8. The van der Waals surface area contributed by atoms with Gasteiger partial charge in [-0.05, 0) is 51.5 Å². The number of rotatable bonds is 8. The van der Waals surface area contributed by atoms with Gasteiger partial charge >= 0.3 is 12.3 Å². The summed E-state index contributed by atoms with van der Waals surface area (Å²) >= 11 is 0. The molecule has 3 N–H and O–H groups in total. The maximum atomic E-state index is 13.3. The highest BCUT2D eigenvalue weighted by molar-refractivity contribution is 6.04. The Morgan fingerprint density at radius 2 is 1.81 bits per heavy atom. The van der Waals surface area contributed by atoms with Crippen LogP contribution in [0.5, 0.6) is 11.5 Å². The zero-order chi connectivity index (χ0) is 31.5. The summed E-state index contributed by atoms with van der Waals surface area (Å²) in [5.74, 6) is -0.911. The van der Waals surface area contributed by atoms with Gasteiger partial charge < -0.3 is 24.8 Å². The van der Waals surface area contributed by atoms with Crippen LogP contribution in [0.25, 0.3) is 0 Å². The number of alkyl halides is 3. The molecule has 0 saturated carbocycles. The summed E-state index contributed by atoms with van der Waals surface area (Å²) in [6, 6.07) is 4.75. The number of halogens is 3. The zero-order valence-electron chi connectivity index (χ0n) is 23.5. The number of ether oxygens (including phenoxy) is 3. The largest absolute Gasteiger partial charge is 0.454 e. The number of anilines is 1. The lowest BCUT2D eigenvalue weighted by Gasteiger charge is -2.21. The third-order valence-electron chi connectivity index (χ3n) is 6.44. The van der Waals surface area contributed by atoms with Gasteiger partial charge in [0.25, 0.3) is 11.6 Å². The fourth-order valence-corrected chi connectivity index (χ4v) is 4.57. The molecule has 2 aliphatic rings. The fraction of sp³-hybridized carbons (Fsp3) is 0.444. The molecule has 1 fully saturated rings. The summed E-state index contributed by atoms with van der Waals surface area (Å²) in [6.45, 7) is 5.31. The zero-order valence-corrected chi connectivity index (χ0v) is 23.5. The van der Waals surface area contributed by atoms with Crippen LogP contribution in [-0.4, -0.2) is 65.8 Å². The van der Waals surface area contributed by atoms with Gasteiger partial charge in [-0.2, -0.15) is 13.2 Å². The number of likely N-dealkylation sites (tertiary alicyclic amines) is 1. The number of fused-ring (bicyclic) bond motifs is 1. The van der Waals surface area contributed by atoms with Gasteiger partial charge in [-0.25, -0.2) is 4.79 Å². The standard InChI is InChI=1S/C27H30F3N5O8/c1-26(2,3)43-25(38)33-19-5-4-16(27(28,29)30)9-18(19)24(37)31-11-23(36)32-17-6-7-34(13-17)12-15-8-21-22(42-14-41-21)10-20(15)35(39)40/h4-5,8-10,17H,6-7,11-14H2,1-3H3,(H,31,37)(H,32,36)(H,33,38)/t17-/m1/s1. The van der Waals surface area contributed by atoms with Crippen LogP contribution < -0.4 is 25.4 Å². The number of hydrogen-bond donors (Lipinski definition) is 3. The van der Waals surface area contributed by atoms with E-state index in [1.807, 2.05) is 4.90 Å². The van der Waals surface area contributed by atoms with Gasteiger partial charge in [-0.3, -0.25) is 29.9 Å². The number of nitrogens with zero attached hydrogens (tertiary/aromatic N) is 2. The number of amides is 3. The first-order chi connectivity index (χ1) is 20.1. The molecule has 13 nitrogen and oxygen atoms in total. The van der Waals surface area contributed by atoms with Gasteiger partial charge in [0.2, 0.25) is 12.7 Å². The molecule has 0 aromatic heterocycles. The maximum Gasteiger partial charge on any atom is 0.416 e. The quantitative estimate of drug-likeness (QED) is 0.299. The summed E-state index contributed by atoms with van der Waals surface area (Å²) < 4.78 is 55.6. The molecule has 1 atom stereocenters.